The molecular weight excluding hydrogens is 334 g/mol. The van der Waals surface area contributed by atoms with Gasteiger partial charge in [-0.1, -0.05) is 19.1 Å². The lowest BCUT2D eigenvalue weighted by Crippen LogP contribution is -2.29. The van der Waals surface area contributed by atoms with Crippen molar-refractivity contribution in [2.24, 2.45) is 5.92 Å². The minimum Gasteiger partial charge on any atom is -0.448 e. The molecule has 1 aromatic heterocycles. The van der Waals surface area contributed by atoms with Crippen LogP contribution in [0, 0.1) is 12.8 Å². The Hall–Kier alpha value is -2.14. The fourth-order valence-corrected chi connectivity index (χ4v) is 4.14. The van der Waals surface area contributed by atoms with Crippen LogP contribution < -0.4 is 5.32 Å². The van der Waals surface area contributed by atoms with E-state index in [4.69, 9.17) is 4.74 Å². The van der Waals surface area contributed by atoms with Gasteiger partial charge in [-0.15, -0.1) is 11.3 Å². The van der Waals surface area contributed by atoms with Gasteiger partial charge in [0, 0.05) is 10.6 Å². The average Bonchev–Trinajstić information content (AvgIpc) is 2.98. The predicted octanol–water partition coefficient (Wildman–Crippen LogP) is 4.37. The highest BCUT2D eigenvalue weighted by atomic mass is 32.1. The first-order valence-electron chi connectivity index (χ1n) is 8.62. The normalized spacial score (nSPS) is 17.5. The third kappa shape index (κ3) is 4.28. The molecule has 0 saturated heterocycles. The molecule has 1 aliphatic rings. The van der Waals surface area contributed by atoms with Gasteiger partial charge >= 0.3 is 5.97 Å². The number of nitrogens with one attached hydrogen (secondary N) is 1. The highest BCUT2D eigenvalue weighted by Crippen LogP contribution is 2.32. The van der Waals surface area contributed by atoms with Gasteiger partial charge in [0.2, 0.25) is 0 Å². The number of hydrogen-bond donors (Lipinski definition) is 1. The zero-order chi connectivity index (χ0) is 18.0. The van der Waals surface area contributed by atoms with Crippen LogP contribution in [0.5, 0.6) is 0 Å². The van der Waals surface area contributed by atoms with E-state index in [0.717, 1.165) is 24.8 Å². The zero-order valence-corrected chi connectivity index (χ0v) is 15.6. The number of rotatable bonds is 4. The van der Waals surface area contributed by atoms with Crippen LogP contribution in [0.4, 0.5) is 5.69 Å². The highest BCUT2D eigenvalue weighted by molar-refractivity contribution is 7.14. The van der Waals surface area contributed by atoms with E-state index in [0.29, 0.717) is 16.5 Å². The molecule has 1 N–H and O–H groups in total. The Balaban J connectivity index is 1.61. The molecule has 1 heterocycles. The Morgan fingerprint density at radius 2 is 2.12 bits per heavy atom. The Labute approximate surface area is 152 Å². The van der Waals surface area contributed by atoms with E-state index in [1.54, 1.807) is 6.92 Å². The lowest BCUT2D eigenvalue weighted by molar-refractivity contribution is -0.123. The van der Waals surface area contributed by atoms with E-state index >= 15 is 0 Å². The number of aryl methyl sites for hydroxylation is 2. The summed E-state index contributed by atoms with van der Waals surface area (Å²) >= 11 is 1.50. The zero-order valence-electron chi connectivity index (χ0n) is 14.8. The maximum atomic E-state index is 12.4. The molecule has 0 spiro atoms. The van der Waals surface area contributed by atoms with Crippen LogP contribution in [-0.2, 0) is 22.4 Å². The summed E-state index contributed by atoms with van der Waals surface area (Å²) in [7, 11) is 0. The van der Waals surface area contributed by atoms with Crippen molar-refractivity contribution in [3.05, 3.63) is 51.2 Å². The summed E-state index contributed by atoms with van der Waals surface area (Å²) in [5, 5.41) is 2.78. The number of anilines is 1. The lowest BCUT2D eigenvalue weighted by atomic mass is 9.90. The molecule has 132 valence electrons. The van der Waals surface area contributed by atoms with Crippen molar-refractivity contribution in [2.45, 2.75) is 46.1 Å². The molecule has 0 radical (unpaired) electrons. The fourth-order valence-electron chi connectivity index (χ4n) is 3.05. The van der Waals surface area contributed by atoms with Crippen LogP contribution in [0.3, 0.4) is 0 Å². The maximum Gasteiger partial charge on any atom is 0.349 e. The van der Waals surface area contributed by atoms with E-state index in [-0.39, 0.29) is 5.91 Å². The van der Waals surface area contributed by atoms with E-state index in [2.05, 4.69) is 12.2 Å². The SMILES string of the molecule is Cc1cccc(NC(=O)[C@H](C)OC(=O)c2cc3c(s2)CC[C@H](C)C3)c1. The summed E-state index contributed by atoms with van der Waals surface area (Å²) < 4.78 is 5.36. The third-order valence-corrected chi connectivity index (χ3v) is 5.69. The van der Waals surface area contributed by atoms with Crippen LogP contribution in [-0.4, -0.2) is 18.0 Å². The number of benzene rings is 1. The number of thiophene rings is 1. The lowest BCUT2D eigenvalue weighted by Gasteiger charge is -2.16. The van der Waals surface area contributed by atoms with Gasteiger partial charge in [0.25, 0.3) is 5.91 Å². The molecule has 5 heteroatoms. The second-order valence-corrected chi connectivity index (χ2v) is 7.95. The molecular formula is C20H23NO3S. The monoisotopic (exact) mass is 357 g/mol. The topological polar surface area (TPSA) is 55.4 Å². The molecule has 1 aromatic carbocycles. The van der Waals surface area contributed by atoms with Gasteiger partial charge in [-0.25, -0.2) is 4.79 Å². The smallest absolute Gasteiger partial charge is 0.349 e. The van der Waals surface area contributed by atoms with E-state index in [9.17, 15) is 9.59 Å². The van der Waals surface area contributed by atoms with Crippen molar-refractivity contribution < 1.29 is 14.3 Å². The maximum absolute atomic E-state index is 12.4. The van der Waals surface area contributed by atoms with Crippen LogP contribution in [0.1, 0.15) is 45.9 Å². The molecule has 25 heavy (non-hydrogen) atoms. The Morgan fingerprint density at radius 1 is 1.32 bits per heavy atom. The van der Waals surface area contributed by atoms with Gasteiger partial charge in [-0.05, 0) is 68.4 Å². The Bertz CT molecular complexity index is 796. The highest BCUT2D eigenvalue weighted by Gasteiger charge is 2.24. The molecule has 4 nitrogen and oxygen atoms in total. The molecule has 0 fully saturated rings. The van der Waals surface area contributed by atoms with Gasteiger partial charge in [0.1, 0.15) is 4.88 Å². The van der Waals surface area contributed by atoms with Crippen molar-refractivity contribution in [2.75, 3.05) is 5.32 Å². The Morgan fingerprint density at radius 3 is 2.88 bits per heavy atom. The molecule has 1 amide bonds. The van der Waals surface area contributed by atoms with Gasteiger partial charge in [-0.3, -0.25) is 4.79 Å². The third-order valence-electron chi connectivity index (χ3n) is 4.47. The van der Waals surface area contributed by atoms with Gasteiger partial charge in [-0.2, -0.15) is 0 Å². The number of amides is 1. The number of carbonyl (C=O) groups is 2. The summed E-state index contributed by atoms with van der Waals surface area (Å²) in [6, 6.07) is 9.45. The molecule has 0 saturated carbocycles. The summed E-state index contributed by atoms with van der Waals surface area (Å²) in [6.45, 7) is 5.79. The first kappa shape index (κ1) is 17.7. The average molecular weight is 357 g/mol. The largest absolute Gasteiger partial charge is 0.448 e. The summed E-state index contributed by atoms with van der Waals surface area (Å²) in [5.74, 6) is -0.0853. The van der Waals surface area contributed by atoms with E-state index in [1.807, 2.05) is 37.3 Å². The summed E-state index contributed by atoms with van der Waals surface area (Å²) in [5.41, 5.74) is 3.02. The summed E-state index contributed by atoms with van der Waals surface area (Å²) in [6.07, 6.45) is 2.36. The van der Waals surface area contributed by atoms with Crippen molar-refractivity contribution in [1.82, 2.24) is 0 Å². The molecule has 0 unspecified atom stereocenters. The van der Waals surface area contributed by atoms with Gasteiger partial charge < -0.3 is 10.1 Å². The van der Waals surface area contributed by atoms with Crippen molar-refractivity contribution >= 4 is 28.9 Å². The molecule has 2 atom stereocenters. The minimum atomic E-state index is -0.842. The van der Waals surface area contributed by atoms with Crippen LogP contribution >= 0.6 is 11.3 Å². The minimum absolute atomic E-state index is 0.325. The van der Waals surface area contributed by atoms with Gasteiger partial charge in [0.15, 0.2) is 6.10 Å². The number of fused-ring (bicyclic) bond motifs is 1. The Kier molecular flexibility index (Phi) is 5.23. The molecule has 3 rings (SSSR count). The first-order valence-corrected chi connectivity index (χ1v) is 9.44. The van der Waals surface area contributed by atoms with E-state index in [1.165, 1.54) is 21.8 Å². The molecule has 2 aromatic rings. The van der Waals surface area contributed by atoms with Crippen LogP contribution in [0.15, 0.2) is 30.3 Å². The van der Waals surface area contributed by atoms with Crippen LogP contribution in [0.25, 0.3) is 0 Å². The number of esters is 1. The number of carbonyl (C=O) groups excluding carboxylic acids is 2. The first-order chi connectivity index (χ1) is 11.9. The standard InChI is InChI=1S/C20H23NO3S/c1-12-5-4-6-16(10-12)21-19(22)14(3)24-20(23)18-11-15-9-13(2)7-8-17(15)25-18/h4-6,10-11,13-14H,7-9H2,1-3H3,(H,21,22)/t13-,14-/m0/s1. The van der Waals surface area contributed by atoms with Crippen LogP contribution in [0.2, 0.25) is 0 Å². The number of ether oxygens (including phenoxy) is 1. The molecule has 0 aliphatic heterocycles. The molecule has 0 bridgehead atoms. The second-order valence-electron chi connectivity index (χ2n) is 6.81. The quantitative estimate of drug-likeness (QED) is 0.827. The predicted molar refractivity (Wildman–Crippen MR) is 100 cm³/mol. The number of hydrogen-bond acceptors (Lipinski definition) is 4. The fraction of sp³-hybridized carbons (Fsp3) is 0.400. The second kappa shape index (κ2) is 7.40. The van der Waals surface area contributed by atoms with Crippen molar-refractivity contribution in [3.8, 4) is 0 Å². The molecule has 1 aliphatic carbocycles. The van der Waals surface area contributed by atoms with Gasteiger partial charge in [0.05, 0.1) is 0 Å². The van der Waals surface area contributed by atoms with Crippen molar-refractivity contribution in [1.29, 1.82) is 0 Å². The van der Waals surface area contributed by atoms with Crippen molar-refractivity contribution in [3.63, 3.8) is 0 Å². The van der Waals surface area contributed by atoms with E-state index < -0.39 is 12.1 Å². The summed E-state index contributed by atoms with van der Waals surface area (Å²) in [4.78, 5) is 26.5.